The minimum atomic E-state index is 0.303. The number of hydrogen-bond acceptors (Lipinski definition) is 2. The maximum atomic E-state index is 11.3. The van der Waals surface area contributed by atoms with Crippen LogP contribution < -0.4 is 0 Å². The Labute approximate surface area is 81.3 Å². The van der Waals surface area contributed by atoms with Crippen LogP contribution in [0.3, 0.4) is 0 Å². The highest BCUT2D eigenvalue weighted by Gasteiger charge is 2.25. The Bertz CT molecular complexity index is 193. The molecule has 0 aromatic rings. The highest BCUT2D eigenvalue weighted by atomic mass is 16.1. The topological polar surface area (TPSA) is 20.3 Å². The van der Waals surface area contributed by atoms with Gasteiger partial charge in [-0.15, -0.1) is 0 Å². The Kier molecular flexibility index (Phi) is 3.12. The molecule has 1 atom stereocenters. The Morgan fingerprint density at radius 1 is 1.46 bits per heavy atom. The lowest BCUT2D eigenvalue weighted by molar-refractivity contribution is -0.124. The van der Waals surface area contributed by atoms with Crippen molar-refractivity contribution in [1.82, 2.24) is 4.90 Å². The number of Topliss-reactive ketones (excluding diaryl/α,β-unsaturated/α-hetero) is 1. The number of carbonyl (C=O) groups is 1. The predicted octanol–water partition coefficient (Wildman–Crippen LogP) is 1.94. The summed E-state index contributed by atoms with van der Waals surface area (Å²) in [6, 6.07) is 0. The molecule has 2 heteroatoms. The molecule has 1 rings (SSSR count). The quantitative estimate of drug-likeness (QED) is 0.619. The summed E-state index contributed by atoms with van der Waals surface area (Å²) in [7, 11) is 0. The second-order valence-electron chi connectivity index (χ2n) is 5.58. The van der Waals surface area contributed by atoms with Crippen LogP contribution in [0.5, 0.6) is 0 Å². The largest absolute Gasteiger partial charge is 0.298 e. The van der Waals surface area contributed by atoms with Crippen LogP contribution in [0.25, 0.3) is 0 Å². The second-order valence-corrected chi connectivity index (χ2v) is 5.58. The molecule has 0 radical (unpaired) electrons. The first kappa shape index (κ1) is 10.7. The van der Waals surface area contributed by atoms with E-state index in [4.69, 9.17) is 0 Å². The van der Waals surface area contributed by atoms with Gasteiger partial charge in [-0.3, -0.25) is 9.69 Å². The minimum Gasteiger partial charge on any atom is -0.298 e. The third kappa shape index (κ3) is 3.90. The van der Waals surface area contributed by atoms with E-state index >= 15 is 0 Å². The summed E-state index contributed by atoms with van der Waals surface area (Å²) < 4.78 is 0. The van der Waals surface area contributed by atoms with Crippen molar-refractivity contribution in [2.24, 2.45) is 11.3 Å². The Hall–Kier alpha value is -0.370. The van der Waals surface area contributed by atoms with Crippen LogP contribution in [0.2, 0.25) is 0 Å². The number of hydrogen-bond donors (Lipinski definition) is 0. The summed E-state index contributed by atoms with van der Waals surface area (Å²) >= 11 is 0. The van der Waals surface area contributed by atoms with E-state index in [0.717, 1.165) is 19.5 Å². The van der Waals surface area contributed by atoms with Gasteiger partial charge in [0.05, 0.1) is 6.54 Å². The molecule has 1 aliphatic rings. The molecule has 2 nitrogen and oxygen atoms in total. The highest BCUT2D eigenvalue weighted by Crippen LogP contribution is 2.19. The lowest BCUT2D eigenvalue weighted by atomic mass is 9.92. The molecule has 76 valence electrons. The van der Waals surface area contributed by atoms with Crippen LogP contribution >= 0.6 is 0 Å². The number of rotatable bonds is 1. The standard InChI is InChI=1S/C11H21NO/c1-9-5-10(13)7-12(6-9)8-11(2,3)4/h9H,5-8H2,1-4H3. The maximum Gasteiger partial charge on any atom is 0.147 e. The Morgan fingerprint density at radius 2 is 2.08 bits per heavy atom. The van der Waals surface area contributed by atoms with Crippen molar-refractivity contribution < 1.29 is 4.79 Å². The van der Waals surface area contributed by atoms with E-state index in [9.17, 15) is 4.79 Å². The lowest BCUT2D eigenvalue weighted by Crippen LogP contribution is -2.43. The van der Waals surface area contributed by atoms with Crippen LogP contribution in [0.4, 0.5) is 0 Å². The number of carbonyl (C=O) groups excluding carboxylic acids is 1. The smallest absolute Gasteiger partial charge is 0.147 e. The molecule has 0 aromatic heterocycles. The molecule has 0 aromatic carbocycles. The maximum absolute atomic E-state index is 11.3. The first-order valence-corrected chi connectivity index (χ1v) is 5.11. The van der Waals surface area contributed by atoms with Crippen LogP contribution in [-0.2, 0) is 4.79 Å². The van der Waals surface area contributed by atoms with Crippen LogP contribution in [-0.4, -0.2) is 30.3 Å². The van der Waals surface area contributed by atoms with Gasteiger partial charge >= 0.3 is 0 Å². The summed E-state index contributed by atoms with van der Waals surface area (Å²) in [6.07, 6.45) is 0.778. The van der Waals surface area contributed by atoms with E-state index in [2.05, 4.69) is 32.6 Å². The van der Waals surface area contributed by atoms with Gasteiger partial charge in [0.2, 0.25) is 0 Å². The van der Waals surface area contributed by atoms with Crippen LogP contribution in [0, 0.1) is 11.3 Å². The molecule has 0 saturated carbocycles. The van der Waals surface area contributed by atoms with Gasteiger partial charge in [-0.1, -0.05) is 27.7 Å². The van der Waals surface area contributed by atoms with Gasteiger partial charge in [-0.05, 0) is 11.3 Å². The van der Waals surface area contributed by atoms with Gasteiger partial charge in [0.1, 0.15) is 5.78 Å². The van der Waals surface area contributed by atoms with E-state index in [-0.39, 0.29) is 0 Å². The fourth-order valence-electron chi connectivity index (χ4n) is 2.06. The Balaban J connectivity index is 2.46. The second kappa shape index (κ2) is 3.79. The molecule has 0 spiro atoms. The van der Waals surface area contributed by atoms with Gasteiger partial charge < -0.3 is 0 Å². The zero-order valence-electron chi connectivity index (χ0n) is 9.26. The van der Waals surface area contributed by atoms with E-state index in [1.807, 2.05) is 0 Å². The molecule has 1 aliphatic heterocycles. The van der Waals surface area contributed by atoms with Crippen molar-refractivity contribution in [2.45, 2.75) is 34.1 Å². The van der Waals surface area contributed by atoms with Crippen LogP contribution in [0.15, 0.2) is 0 Å². The molecule has 1 unspecified atom stereocenters. The van der Waals surface area contributed by atoms with Gasteiger partial charge in [-0.2, -0.15) is 0 Å². The van der Waals surface area contributed by atoms with Crippen molar-refractivity contribution in [2.75, 3.05) is 19.6 Å². The number of piperidine rings is 1. The molecule has 1 fully saturated rings. The zero-order chi connectivity index (χ0) is 10.1. The number of likely N-dealkylation sites (tertiary alicyclic amines) is 1. The average molecular weight is 183 g/mol. The summed E-state index contributed by atoms with van der Waals surface area (Å²) in [6.45, 7) is 11.6. The summed E-state index contributed by atoms with van der Waals surface area (Å²) in [5.74, 6) is 0.951. The first-order valence-electron chi connectivity index (χ1n) is 5.11. The molecule has 0 N–H and O–H groups in total. The Morgan fingerprint density at radius 3 is 2.54 bits per heavy atom. The van der Waals surface area contributed by atoms with Crippen molar-refractivity contribution >= 4 is 5.78 Å². The summed E-state index contributed by atoms with van der Waals surface area (Å²) in [5, 5.41) is 0. The predicted molar refractivity (Wildman–Crippen MR) is 54.7 cm³/mol. The highest BCUT2D eigenvalue weighted by molar-refractivity contribution is 5.81. The third-order valence-electron chi connectivity index (χ3n) is 2.24. The average Bonchev–Trinajstić information content (AvgIpc) is 1.78. The third-order valence-corrected chi connectivity index (χ3v) is 2.24. The molecule has 0 amide bonds. The summed E-state index contributed by atoms with van der Waals surface area (Å²) in [4.78, 5) is 13.6. The lowest BCUT2D eigenvalue weighted by Gasteiger charge is -2.34. The molecule has 0 aliphatic carbocycles. The van der Waals surface area contributed by atoms with E-state index < -0.39 is 0 Å². The molecule has 13 heavy (non-hydrogen) atoms. The minimum absolute atomic E-state index is 0.303. The number of ketones is 1. The van der Waals surface area contributed by atoms with Gasteiger partial charge in [0.15, 0.2) is 0 Å². The van der Waals surface area contributed by atoms with Gasteiger partial charge in [-0.25, -0.2) is 0 Å². The normalized spacial score (nSPS) is 26.5. The van der Waals surface area contributed by atoms with Gasteiger partial charge in [0.25, 0.3) is 0 Å². The van der Waals surface area contributed by atoms with E-state index in [0.29, 0.717) is 23.7 Å². The molecular formula is C11H21NO. The number of nitrogens with zero attached hydrogens (tertiary/aromatic N) is 1. The fraction of sp³-hybridized carbons (Fsp3) is 0.909. The van der Waals surface area contributed by atoms with Crippen molar-refractivity contribution in [3.8, 4) is 0 Å². The SMILES string of the molecule is CC1CC(=O)CN(CC(C)(C)C)C1. The molecule has 0 bridgehead atoms. The van der Waals surface area contributed by atoms with Crippen molar-refractivity contribution in [3.63, 3.8) is 0 Å². The first-order chi connectivity index (χ1) is 5.87. The van der Waals surface area contributed by atoms with Crippen LogP contribution in [0.1, 0.15) is 34.1 Å². The van der Waals surface area contributed by atoms with Crippen molar-refractivity contribution in [3.05, 3.63) is 0 Å². The molecule has 1 heterocycles. The van der Waals surface area contributed by atoms with Crippen molar-refractivity contribution in [1.29, 1.82) is 0 Å². The summed E-state index contributed by atoms with van der Waals surface area (Å²) in [5.41, 5.74) is 0.303. The molecule has 1 saturated heterocycles. The molecular weight excluding hydrogens is 162 g/mol. The van der Waals surface area contributed by atoms with E-state index in [1.165, 1.54) is 0 Å². The van der Waals surface area contributed by atoms with Gasteiger partial charge in [0, 0.05) is 19.5 Å². The van der Waals surface area contributed by atoms with E-state index in [1.54, 1.807) is 0 Å². The fourth-order valence-corrected chi connectivity index (χ4v) is 2.06. The zero-order valence-corrected chi connectivity index (χ0v) is 9.26. The monoisotopic (exact) mass is 183 g/mol.